The van der Waals surface area contributed by atoms with E-state index in [2.05, 4.69) is 11.5 Å². The summed E-state index contributed by atoms with van der Waals surface area (Å²) >= 11 is 0. The molecule has 3 nitrogen and oxygen atoms in total. The zero-order chi connectivity index (χ0) is 9.15. The second kappa shape index (κ2) is 3.78. The van der Waals surface area contributed by atoms with Gasteiger partial charge in [0.1, 0.15) is 0 Å². The van der Waals surface area contributed by atoms with E-state index in [1.165, 1.54) is 0 Å². The summed E-state index contributed by atoms with van der Waals surface area (Å²) in [7, 11) is 0. The summed E-state index contributed by atoms with van der Waals surface area (Å²) in [6.45, 7) is 8.23. The highest BCUT2D eigenvalue weighted by Crippen LogP contribution is 2.29. The molecule has 0 atom stereocenters. The van der Waals surface area contributed by atoms with Crippen molar-refractivity contribution < 1.29 is 9.47 Å². The Labute approximate surface area is 79.3 Å². The molecule has 0 unspecified atom stereocenters. The van der Waals surface area contributed by atoms with Crippen molar-refractivity contribution >= 4 is 0 Å². The number of ether oxygens (including phenoxy) is 2. The topological polar surface area (TPSA) is 21.7 Å². The predicted octanol–water partition coefficient (Wildman–Crippen LogP) is 1.01. The Balaban J connectivity index is 1.94. The van der Waals surface area contributed by atoms with Crippen LogP contribution in [0.4, 0.5) is 0 Å². The third-order valence-electron chi connectivity index (χ3n) is 2.70. The van der Waals surface area contributed by atoms with E-state index < -0.39 is 0 Å². The molecule has 2 rings (SSSR count). The van der Waals surface area contributed by atoms with Gasteiger partial charge in [-0.25, -0.2) is 0 Å². The van der Waals surface area contributed by atoms with Gasteiger partial charge in [0, 0.05) is 13.0 Å². The van der Waals surface area contributed by atoms with Crippen LogP contribution in [0.15, 0.2) is 12.7 Å². The van der Waals surface area contributed by atoms with Crippen molar-refractivity contribution in [1.82, 2.24) is 4.90 Å². The largest absolute Gasteiger partial charge is 0.346 e. The third kappa shape index (κ3) is 1.93. The SMILES string of the molecule is C=CCN1CCCC2(C1)OCCO2. The van der Waals surface area contributed by atoms with Gasteiger partial charge in [-0.15, -0.1) is 6.58 Å². The number of hydrogen-bond donors (Lipinski definition) is 0. The molecule has 2 aliphatic heterocycles. The van der Waals surface area contributed by atoms with E-state index in [0.717, 1.165) is 45.7 Å². The van der Waals surface area contributed by atoms with E-state index in [4.69, 9.17) is 9.47 Å². The molecule has 2 saturated heterocycles. The van der Waals surface area contributed by atoms with Crippen LogP contribution in [-0.2, 0) is 9.47 Å². The molecule has 1 spiro atoms. The lowest BCUT2D eigenvalue weighted by atomic mass is 10.0. The van der Waals surface area contributed by atoms with Crippen LogP contribution in [0.5, 0.6) is 0 Å². The summed E-state index contributed by atoms with van der Waals surface area (Å²) in [4.78, 5) is 2.34. The first-order valence-corrected chi connectivity index (χ1v) is 4.96. The van der Waals surface area contributed by atoms with Gasteiger partial charge in [0.2, 0.25) is 0 Å². The minimum absolute atomic E-state index is 0.277. The molecule has 2 aliphatic rings. The predicted molar refractivity (Wildman–Crippen MR) is 50.5 cm³/mol. The fourth-order valence-electron chi connectivity index (χ4n) is 2.14. The van der Waals surface area contributed by atoms with Gasteiger partial charge in [-0.2, -0.15) is 0 Å². The zero-order valence-corrected chi connectivity index (χ0v) is 8.00. The van der Waals surface area contributed by atoms with Gasteiger partial charge >= 0.3 is 0 Å². The highest BCUT2D eigenvalue weighted by molar-refractivity contribution is 4.86. The summed E-state index contributed by atoms with van der Waals surface area (Å²) in [5, 5.41) is 0. The molecule has 3 heteroatoms. The Kier molecular flexibility index (Phi) is 2.67. The maximum Gasteiger partial charge on any atom is 0.181 e. The van der Waals surface area contributed by atoms with E-state index in [-0.39, 0.29) is 5.79 Å². The first-order chi connectivity index (χ1) is 6.35. The first kappa shape index (κ1) is 9.19. The van der Waals surface area contributed by atoms with Gasteiger partial charge in [0.25, 0.3) is 0 Å². The average molecular weight is 183 g/mol. The van der Waals surface area contributed by atoms with E-state index in [0.29, 0.717) is 0 Å². The van der Waals surface area contributed by atoms with Crippen LogP contribution in [0.25, 0.3) is 0 Å². The Morgan fingerprint density at radius 3 is 2.85 bits per heavy atom. The maximum absolute atomic E-state index is 5.66. The van der Waals surface area contributed by atoms with Crippen molar-refractivity contribution in [2.45, 2.75) is 18.6 Å². The second-order valence-corrected chi connectivity index (χ2v) is 3.73. The Morgan fingerprint density at radius 1 is 1.38 bits per heavy atom. The number of rotatable bonds is 2. The molecule has 0 aromatic carbocycles. The first-order valence-electron chi connectivity index (χ1n) is 4.96. The van der Waals surface area contributed by atoms with Gasteiger partial charge < -0.3 is 9.47 Å². The lowest BCUT2D eigenvalue weighted by Gasteiger charge is -2.38. The highest BCUT2D eigenvalue weighted by Gasteiger charge is 2.40. The summed E-state index contributed by atoms with van der Waals surface area (Å²) in [5.41, 5.74) is 0. The van der Waals surface area contributed by atoms with Crippen molar-refractivity contribution in [3.05, 3.63) is 12.7 Å². The van der Waals surface area contributed by atoms with Crippen LogP contribution in [-0.4, -0.2) is 43.5 Å². The smallest absolute Gasteiger partial charge is 0.181 e. The molecule has 13 heavy (non-hydrogen) atoms. The Bertz CT molecular complexity index is 187. The standard InChI is InChI=1S/C10H17NO2/c1-2-5-11-6-3-4-10(9-11)12-7-8-13-10/h2H,1,3-9H2. The summed E-state index contributed by atoms with van der Waals surface area (Å²) in [6.07, 6.45) is 4.14. The van der Waals surface area contributed by atoms with Crippen molar-refractivity contribution in [1.29, 1.82) is 0 Å². The fourth-order valence-corrected chi connectivity index (χ4v) is 2.14. The quantitative estimate of drug-likeness (QED) is 0.596. The number of likely N-dealkylation sites (tertiary alicyclic amines) is 1. The Morgan fingerprint density at radius 2 is 2.15 bits per heavy atom. The number of nitrogens with zero attached hydrogens (tertiary/aromatic N) is 1. The third-order valence-corrected chi connectivity index (χ3v) is 2.70. The van der Waals surface area contributed by atoms with Crippen molar-refractivity contribution in [3.8, 4) is 0 Å². The van der Waals surface area contributed by atoms with E-state index >= 15 is 0 Å². The molecule has 0 aliphatic carbocycles. The van der Waals surface area contributed by atoms with Crippen LogP contribution < -0.4 is 0 Å². The van der Waals surface area contributed by atoms with Crippen molar-refractivity contribution in [2.75, 3.05) is 32.8 Å². The molecule has 2 fully saturated rings. The fraction of sp³-hybridized carbons (Fsp3) is 0.800. The Hall–Kier alpha value is -0.380. The van der Waals surface area contributed by atoms with Gasteiger partial charge in [0.15, 0.2) is 5.79 Å². The molecule has 0 N–H and O–H groups in total. The van der Waals surface area contributed by atoms with Crippen LogP contribution >= 0.6 is 0 Å². The lowest BCUT2D eigenvalue weighted by molar-refractivity contribution is -0.188. The van der Waals surface area contributed by atoms with Crippen molar-refractivity contribution in [2.24, 2.45) is 0 Å². The molecule has 0 aromatic heterocycles. The van der Waals surface area contributed by atoms with Gasteiger partial charge in [-0.05, 0) is 13.0 Å². The summed E-state index contributed by atoms with van der Waals surface area (Å²) in [5.74, 6) is -0.277. The second-order valence-electron chi connectivity index (χ2n) is 3.73. The summed E-state index contributed by atoms with van der Waals surface area (Å²) < 4.78 is 11.3. The van der Waals surface area contributed by atoms with Crippen molar-refractivity contribution in [3.63, 3.8) is 0 Å². The minimum Gasteiger partial charge on any atom is -0.346 e. The average Bonchev–Trinajstić information content (AvgIpc) is 2.54. The molecule has 0 amide bonds. The molecule has 0 aromatic rings. The van der Waals surface area contributed by atoms with E-state index in [9.17, 15) is 0 Å². The van der Waals surface area contributed by atoms with Crippen LogP contribution in [0.3, 0.4) is 0 Å². The van der Waals surface area contributed by atoms with E-state index in [1.54, 1.807) is 0 Å². The van der Waals surface area contributed by atoms with Gasteiger partial charge in [-0.1, -0.05) is 6.08 Å². The van der Waals surface area contributed by atoms with Gasteiger partial charge in [0.05, 0.1) is 19.8 Å². The zero-order valence-electron chi connectivity index (χ0n) is 8.00. The molecular formula is C10H17NO2. The lowest BCUT2D eigenvalue weighted by Crippen LogP contribution is -2.48. The molecule has 0 radical (unpaired) electrons. The number of piperidine rings is 1. The normalized spacial score (nSPS) is 28.0. The molecule has 0 bridgehead atoms. The number of hydrogen-bond acceptors (Lipinski definition) is 3. The van der Waals surface area contributed by atoms with E-state index in [1.807, 2.05) is 6.08 Å². The molecular weight excluding hydrogens is 166 g/mol. The van der Waals surface area contributed by atoms with Gasteiger partial charge in [-0.3, -0.25) is 4.90 Å². The summed E-state index contributed by atoms with van der Waals surface area (Å²) in [6, 6.07) is 0. The monoisotopic (exact) mass is 183 g/mol. The van der Waals surface area contributed by atoms with Crippen LogP contribution in [0.2, 0.25) is 0 Å². The van der Waals surface area contributed by atoms with Crippen LogP contribution in [0, 0.1) is 0 Å². The maximum atomic E-state index is 5.66. The molecule has 74 valence electrons. The molecule has 0 saturated carbocycles. The highest BCUT2D eigenvalue weighted by atomic mass is 16.7. The molecule has 2 heterocycles. The van der Waals surface area contributed by atoms with Crippen LogP contribution in [0.1, 0.15) is 12.8 Å². The minimum atomic E-state index is -0.277.